The number of aliphatic carboxylic acids is 1. The van der Waals surface area contributed by atoms with Gasteiger partial charge < -0.3 is 20.2 Å². The zero-order valence-electron chi connectivity index (χ0n) is 13.8. The summed E-state index contributed by atoms with van der Waals surface area (Å²) in [6.45, 7) is 8.53. The molecule has 3 unspecified atom stereocenters. The SMILES string of the molecule is CCCNC(C)(CN1CCC2C(CCCN2C)C1)C(=O)O. The first-order valence-electron chi connectivity index (χ1n) is 8.37. The van der Waals surface area contributed by atoms with Gasteiger partial charge in [-0.3, -0.25) is 4.79 Å². The van der Waals surface area contributed by atoms with Crippen LogP contribution in [0, 0.1) is 5.92 Å². The number of carboxylic acid groups (broad SMARTS) is 1. The maximum atomic E-state index is 11.6. The van der Waals surface area contributed by atoms with Crippen LogP contribution in [0.1, 0.15) is 39.5 Å². The van der Waals surface area contributed by atoms with E-state index in [0.717, 1.165) is 26.1 Å². The summed E-state index contributed by atoms with van der Waals surface area (Å²) in [6, 6.07) is 0.703. The molecule has 0 bridgehead atoms. The van der Waals surface area contributed by atoms with Crippen LogP contribution in [0.5, 0.6) is 0 Å². The van der Waals surface area contributed by atoms with E-state index in [0.29, 0.717) is 18.5 Å². The van der Waals surface area contributed by atoms with Crippen LogP contribution in [0.2, 0.25) is 0 Å². The number of hydrogen-bond donors (Lipinski definition) is 2. The molecule has 0 aliphatic carbocycles. The third-order valence-corrected chi connectivity index (χ3v) is 5.21. The van der Waals surface area contributed by atoms with Crippen LogP contribution in [0.4, 0.5) is 0 Å². The molecule has 0 aromatic heterocycles. The molecule has 5 nitrogen and oxygen atoms in total. The minimum Gasteiger partial charge on any atom is -0.480 e. The summed E-state index contributed by atoms with van der Waals surface area (Å²) >= 11 is 0. The average Bonchev–Trinajstić information content (AvgIpc) is 2.45. The quantitative estimate of drug-likeness (QED) is 0.773. The molecule has 2 heterocycles. The molecule has 122 valence electrons. The Morgan fingerprint density at radius 2 is 2.14 bits per heavy atom. The van der Waals surface area contributed by atoms with Gasteiger partial charge in [0.1, 0.15) is 5.54 Å². The molecule has 0 spiro atoms. The standard InChI is InChI=1S/C16H31N3O2/c1-4-8-17-16(2,15(20)21)12-19-10-7-14-13(11-19)6-5-9-18(14)3/h13-14,17H,4-12H2,1-3H3,(H,20,21). The van der Waals surface area contributed by atoms with E-state index < -0.39 is 11.5 Å². The molecule has 0 aromatic rings. The van der Waals surface area contributed by atoms with Gasteiger partial charge in [0.15, 0.2) is 0 Å². The molecule has 0 amide bonds. The third-order valence-electron chi connectivity index (χ3n) is 5.21. The fourth-order valence-electron chi connectivity index (χ4n) is 3.92. The van der Waals surface area contributed by atoms with Crippen molar-refractivity contribution in [3.63, 3.8) is 0 Å². The first-order valence-corrected chi connectivity index (χ1v) is 8.37. The van der Waals surface area contributed by atoms with Crippen molar-refractivity contribution >= 4 is 5.97 Å². The summed E-state index contributed by atoms with van der Waals surface area (Å²) in [7, 11) is 2.23. The van der Waals surface area contributed by atoms with Gasteiger partial charge in [-0.25, -0.2) is 0 Å². The van der Waals surface area contributed by atoms with Crippen molar-refractivity contribution in [2.75, 3.05) is 39.8 Å². The zero-order valence-corrected chi connectivity index (χ0v) is 13.8. The van der Waals surface area contributed by atoms with Crippen molar-refractivity contribution < 1.29 is 9.90 Å². The molecule has 0 aromatic carbocycles. The summed E-state index contributed by atoms with van der Waals surface area (Å²) in [5.74, 6) is -0.0273. The Morgan fingerprint density at radius 3 is 2.81 bits per heavy atom. The van der Waals surface area contributed by atoms with Crippen molar-refractivity contribution in [1.29, 1.82) is 0 Å². The third kappa shape index (κ3) is 3.96. The number of rotatable bonds is 6. The number of nitrogens with zero attached hydrogens (tertiary/aromatic N) is 2. The van der Waals surface area contributed by atoms with E-state index in [4.69, 9.17) is 0 Å². The van der Waals surface area contributed by atoms with E-state index in [1.54, 1.807) is 0 Å². The summed E-state index contributed by atoms with van der Waals surface area (Å²) < 4.78 is 0. The average molecular weight is 297 g/mol. The molecule has 0 saturated carbocycles. The maximum Gasteiger partial charge on any atom is 0.324 e. The molecule has 3 atom stereocenters. The molecular formula is C16H31N3O2. The molecule has 2 aliphatic heterocycles. The Morgan fingerprint density at radius 1 is 1.38 bits per heavy atom. The van der Waals surface area contributed by atoms with Gasteiger partial charge in [0.25, 0.3) is 0 Å². The highest BCUT2D eigenvalue weighted by molar-refractivity contribution is 5.78. The lowest BCUT2D eigenvalue weighted by Gasteiger charge is -2.47. The monoisotopic (exact) mass is 297 g/mol. The highest BCUT2D eigenvalue weighted by atomic mass is 16.4. The molecule has 21 heavy (non-hydrogen) atoms. The number of fused-ring (bicyclic) bond motifs is 1. The van der Waals surface area contributed by atoms with E-state index in [-0.39, 0.29) is 0 Å². The minimum absolute atomic E-state index is 0.606. The van der Waals surface area contributed by atoms with Crippen molar-refractivity contribution in [3.05, 3.63) is 0 Å². The molecular weight excluding hydrogens is 266 g/mol. The first kappa shape index (κ1) is 16.7. The van der Waals surface area contributed by atoms with Crippen molar-refractivity contribution in [2.45, 2.75) is 51.1 Å². The van der Waals surface area contributed by atoms with Gasteiger partial charge in [-0.1, -0.05) is 6.92 Å². The lowest BCUT2D eigenvalue weighted by atomic mass is 9.83. The number of carbonyl (C=O) groups is 1. The summed E-state index contributed by atoms with van der Waals surface area (Å²) in [4.78, 5) is 16.5. The van der Waals surface area contributed by atoms with Gasteiger partial charge in [-0.15, -0.1) is 0 Å². The van der Waals surface area contributed by atoms with Crippen LogP contribution >= 0.6 is 0 Å². The Hall–Kier alpha value is -0.650. The van der Waals surface area contributed by atoms with Crippen LogP contribution in [0.3, 0.4) is 0 Å². The second kappa shape index (κ2) is 7.07. The van der Waals surface area contributed by atoms with Gasteiger partial charge in [-0.05, 0) is 65.2 Å². The van der Waals surface area contributed by atoms with Crippen LogP contribution in [-0.2, 0) is 4.79 Å². The normalized spacial score (nSPS) is 30.6. The van der Waals surface area contributed by atoms with Gasteiger partial charge in [-0.2, -0.15) is 0 Å². The van der Waals surface area contributed by atoms with E-state index in [2.05, 4.69) is 29.1 Å². The minimum atomic E-state index is -0.830. The molecule has 0 radical (unpaired) electrons. The predicted octanol–water partition coefficient (Wildman–Crippen LogP) is 1.25. The smallest absolute Gasteiger partial charge is 0.324 e. The topological polar surface area (TPSA) is 55.8 Å². The van der Waals surface area contributed by atoms with E-state index in [1.807, 2.05) is 6.92 Å². The molecule has 2 fully saturated rings. The fraction of sp³-hybridized carbons (Fsp3) is 0.938. The molecule has 5 heteroatoms. The summed E-state index contributed by atoms with van der Waals surface area (Å²) in [5.41, 5.74) is -0.830. The fourth-order valence-corrected chi connectivity index (χ4v) is 3.92. The lowest BCUT2D eigenvalue weighted by molar-refractivity contribution is -0.145. The van der Waals surface area contributed by atoms with Crippen molar-refractivity contribution in [3.8, 4) is 0 Å². The van der Waals surface area contributed by atoms with Crippen molar-refractivity contribution in [1.82, 2.24) is 15.1 Å². The maximum absolute atomic E-state index is 11.6. The van der Waals surface area contributed by atoms with Gasteiger partial charge >= 0.3 is 5.97 Å². The summed E-state index contributed by atoms with van der Waals surface area (Å²) in [6.07, 6.45) is 4.69. The number of piperidine rings is 2. The number of nitrogens with one attached hydrogen (secondary N) is 1. The first-order chi connectivity index (χ1) is 9.96. The highest BCUT2D eigenvalue weighted by Gasteiger charge is 2.39. The second-order valence-electron chi connectivity index (χ2n) is 7.04. The van der Waals surface area contributed by atoms with Crippen molar-refractivity contribution in [2.24, 2.45) is 5.92 Å². The molecule has 2 saturated heterocycles. The van der Waals surface area contributed by atoms with Crippen LogP contribution in [0.25, 0.3) is 0 Å². The number of likely N-dealkylation sites (tertiary alicyclic amines) is 2. The zero-order chi connectivity index (χ0) is 15.5. The van der Waals surface area contributed by atoms with Gasteiger partial charge in [0, 0.05) is 19.1 Å². The largest absolute Gasteiger partial charge is 0.480 e. The summed E-state index contributed by atoms with van der Waals surface area (Å²) in [5, 5.41) is 12.8. The van der Waals surface area contributed by atoms with Crippen LogP contribution < -0.4 is 5.32 Å². The van der Waals surface area contributed by atoms with E-state index in [1.165, 1.54) is 25.8 Å². The van der Waals surface area contributed by atoms with E-state index >= 15 is 0 Å². The van der Waals surface area contributed by atoms with E-state index in [9.17, 15) is 9.90 Å². The highest BCUT2D eigenvalue weighted by Crippen LogP contribution is 2.30. The lowest BCUT2D eigenvalue weighted by Crippen LogP contribution is -2.60. The molecule has 2 rings (SSSR count). The van der Waals surface area contributed by atoms with Crippen LogP contribution in [0.15, 0.2) is 0 Å². The Labute approximate surface area is 128 Å². The Balaban J connectivity index is 1.94. The number of carboxylic acids is 1. The predicted molar refractivity (Wildman–Crippen MR) is 84.5 cm³/mol. The number of hydrogen-bond acceptors (Lipinski definition) is 4. The van der Waals surface area contributed by atoms with Gasteiger partial charge in [0.05, 0.1) is 0 Å². The molecule has 2 aliphatic rings. The Bertz CT molecular complexity index is 363. The van der Waals surface area contributed by atoms with Gasteiger partial charge in [0.2, 0.25) is 0 Å². The second-order valence-corrected chi connectivity index (χ2v) is 7.04. The Kier molecular flexibility index (Phi) is 5.63. The van der Waals surface area contributed by atoms with Crippen LogP contribution in [-0.4, -0.2) is 72.2 Å². The molecule has 2 N–H and O–H groups in total.